The molecular formula is C18H22FN3OS. The van der Waals surface area contributed by atoms with Crippen LogP contribution in [0.15, 0.2) is 23.6 Å². The first-order valence-electron chi connectivity index (χ1n) is 8.25. The van der Waals surface area contributed by atoms with E-state index in [-0.39, 0.29) is 11.7 Å². The van der Waals surface area contributed by atoms with E-state index in [1.807, 2.05) is 5.38 Å². The Kier molecular flexibility index (Phi) is 5.26. The molecule has 1 saturated heterocycles. The highest BCUT2D eigenvalue weighted by atomic mass is 32.1. The van der Waals surface area contributed by atoms with Crippen LogP contribution in [0.3, 0.4) is 0 Å². The maximum absolute atomic E-state index is 13.6. The highest BCUT2D eigenvalue weighted by Gasteiger charge is 2.18. The number of anilines is 1. The fourth-order valence-electron chi connectivity index (χ4n) is 3.00. The van der Waals surface area contributed by atoms with E-state index in [1.165, 1.54) is 30.2 Å². The molecule has 1 aliphatic heterocycles. The highest BCUT2D eigenvalue weighted by molar-refractivity contribution is 7.13. The summed E-state index contributed by atoms with van der Waals surface area (Å²) in [6, 6.07) is 4.49. The fraction of sp³-hybridized carbons (Fsp3) is 0.444. The number of carbonyl (C=O) groups excluding carboxylic acids is 1. The van der Waals surface area contributed by atoms with Crippen LogP contribution in [-0.4, -0.2) is 28.9 Å². The molecule has 0 saturated carbocycles. The number of hydrogen-bond acceptors (Lipinski definition) is 4. The lowest BCUT2D eigenvalue weighted by Gasteiger charge is -2.30. The number of nitrogens with one attached hydrogen (secondary N) is 1. The summed E-state index contributed by atoms with van der Waals surface area (Å²) in [6.45, 7) is 6.97. The van der Waals surface area contributed by atoms with Gasteiger partial charge in [0.2, 0.25) is 0 Å². The number of aryl methyl sites for hydroxylation is 1. The van der Waals surface area contributed by atoms with Crippen molar-refractivity contribution >= 4 is 22.4 Å². The molecule has 128 valence electrons. The molecule has 1 aromatic carbocycles. The molecule has 0 bridgehead atoms. The molecule has 1 N–H and O–H groups in total. The Morgan fingerprint density at radius 2 is 2.33 bits per heavy atom. The van der Waals surface area contributed by atoms with E-state index in [9.17, 15) is 9.18 Å². The Morgan fingerprint density at radius 1 is 1.50 bits per heavy atom. The van der Waals surface area contributed by atoms with Gasteiger partial charge in [0.25, 0.3) is 5.91 Å². The molecule has 1 aromatic heterocycles. The number of piperidine rings is 1. The number of hydrogen-bond donors (Lipinski definition) is 1. The van der Waals surface area contributed by atoms with Gasteiger partial charge in [-0.25, -0.2) is 9.37 Å². The van der Waals surface area contributed by atoms with E-state index in [4.69, 9.17) is 0 Å². The number of thiazole rings is 1. The summed E-state index contributed by atoms with van der Waals surface area (Å²) in [5.41, 5.74) is 1.80. The van der Waals surface area contributed by atoms with Crippen molar-refractivity contribution in [3.05, 3.63) is 46.2 Å². The zero-order valence-corrected chi connectivity index (χ0v) is 14.8. The average Bonchev–Trinajstić information content (AvgIpc) is 2.97. The number of rotatable bonds is 4. The van der Waals surface area contributed by atoms with Crippen LogP contribution in [0.25, 0.3) is 0 Å². The van der Waals surface area contributed by atoms with Gasteiger partial charge in [0.05, 0.1) is 5.69 Å². The zero-order chi connectivity index (χ0) is 17.1. The van der Waals surface area contributed by atoms with Crippen LogP contribution in [0, 0.1) is 18.7 Å². The van der Waals surface area contributed by atoms with Gasteiger partial charge in [-0.1, -0.05) is 13.0 Å². The molecule has 1 fully saturated rings. The quantitative estimate of drug-likeness (QED) is 0.906. The Balaban J connectivity index is 1.61. The SMILES string of the molecule is Cc1ccc(C(=O)Nc2nc(CN3CCC[C@@H](C)C3)cs2)cc1F. The molecule has 0 spiro atoms. The monoisotopic (exact) mass is 347 g/mol. The smallest absolute Gasteiger partial charge is 0.257 e. The van der Waals surface area contributed by atoms with Crippen LogP contribution in [0.1, 0.15) is 41.4 Å². The lowest BCUT2D eigenvalue weighted by Crippen LogP contribution is -2.33. The van der Waals surface area contributed by atoms with E-state index < -0.39 is 0 Å². The van der Waals surface area contributed by atoms with Crippen molar-refractivity contribution < 1.29 is 9.18 Å². The van der Waals surface area contributed by atoms with Crippen LogP contribution in [-0.2, 0) is 6.54 Å². The topological polar surface area (TPSA) is 45.2 Å². The molecule has 0 aliphatic carbocycles. The van der Waals surface area contributed by atoms with Gasteiger partial charge < -0.3 is 0 Å². The molecule has 0 radical (unpaired) electrons. The second kappa shape index (κ2) is 7.40. The van der Waals surface area contributed by atoms with Crippen molar-refractivity contribution in [3.8, 4) is 0 Å². The molecule has 1 amide bonds. The van der Waals surface area contributed by atoms with Crippen LogP contribution in [0.4, 0.5) is 9.52 Å². The predicted molar refractivity (Wildman–Crippen MR) is 94.9 cm³/mol. The Morgan fingerprint density at radius 3 is 3.08 bits per heavy atom. The van der Waals surface area contributed by atoms with Crippen molar-refractivity contribution in [2.24, 2.45) is 5.92 Å². The van der Waals surface area contributed by atoms with Crippen LogP contribution in [0.2, 0.25) is 0 Å². The van der Waals surface area contributed by atoms with Gasteiger partial charge in [0.1, 0.15) is 5.82 Å². The average molecular weight is 347 g/mol. The predicted octanol–water partition coefficient (Wildman–Crippen LogP) is 4.07. The highest BCUT2D eigenvalue weighted by Crippen LogP contribution is 2.21. The Bertz CT molecular complexity index is 731. The van der Waals surface area contributed by atoms with Gasteiger partial charge in [0, 0.05) is 24.0 Å². The summed E-state index contributed by atoms with van der Waals surface area (Å²) in [5.74, 6) is 0.0242. The van der Waals surface area contributed by atoms with Crippen molar-refractivity contribution in [1.82, 2.24) is 9.88 Å². The summed E-state index contributed by atoms with van der Waals surface area (Å²) < 4.78 is 13.6. The summed E-state index contributed by atoms with van der Waals surface area (Å²) in [4.78, 5) is 19.1. The largest absolute Gasteiger partial charge is 0.298 e. The number of carbonyl (C=O) groups is 1. The van der Waals surface area contributed by atoms with E-state index in [0.29, 0.717) is 16.3 Å². The summed E-state index contributed by atoms with van der Waals surface area (Å²) in [7, 11) is 0. The van der Waals surface area contributed by atoms with Crippen LogP contribution in [0.5, 0.6) is 0 Å². The minimum atomic E-state index is -0.373. The maximum atomic E-state index is 13.6. The molecule has 1 aliphatic rings. The minimum absolute atomic E-state index is 0.305. The van der Waals surface area contributed by atoms with Gasteiger partial charge in [-0.15, -0.1) is 11.3 Å². The molecular weight excluding hydrogens is 325 g/mol. The lowest BCUT2D eigenvalue weighted by atomic mass is 10.0. The van der Waals surface area contributed by atoms with E-state index in [2.05, 4.69) is 22.1 Å². The van der Waals surface area contributed by atoms with Crippen LogP contribution < -0.4 is 5.32 Å². The summed E-state index contributed by atoms with van der Waals surface area (Å²) in [6.07, 6.45) is 2.52. The second-order valence-corrected chi connectivity index (χ2v) is 7.40. The van der Waals surface area contributed by atoms with Gasteiger partial charge in [-0.3, -0.25) is 15.0 Å². The molecule has 2 heterocycles. The van der Waals surface area contributed by atoms with Gasteiger partial charge in [0.15, 0.2) is 5.13 Å². The van der Waals surface area contributed by atoms with E-state index in [0.717, 1.165) is 31.2 Å². The van der Waals surface area contributed by atoms with Crippen LogP contribution >= 0.6 is 11.3 Å². The van der Waals surface area contributed by atoms with E-state index >= 15 is 0 Å². The standard InChI is InChI=1S/C18H22FN3OS/c1-12-4-3-7-22(9-12)10-15-11-24-18(20-15)21-17(23)14-6-5-13(2)16(19)8-14/h5-6,8,11-12H,3-4,7,9-10H2,1-2H3,(H,20,21,23)/t12-/m1/s1. The number of likely N-dealkylation sites (tertiary alicyclic amines) is 1. The molecule has 6 heteroatoms. The van der Waals surface area contributed by atoms with Gasteiger partial charge >= 0.3 is 0 Å². The number of nitrogens with zero attached hydrogens (tertiary/aromatic N) is 2. The summed E-state index contributed by atoms with van der Waals surface area (Å²) in [5, 5.41) is 5.29. The Hall–Kier alpha value is -1.79. The van der Waals surface area contributed by atoms with Crippen molar-refractivity contribution in [1.29, 1.82) is 0 Å². The van der Waals surface area contributed by atoms with Crippen molar-refractivity contribution in [2.45, 2.75) is 33.2 Å². The number of aromatic nitrogens is 1. The number of halogens is 1. The molecule has 1 atom stereocenters. The van der Waals surface area contributed by atoms with Crippen molar-refractivity contribution in [3.63, 3.8) is 0 Å². The third-order valence-corrected chi connectivity index (χ3v) is 5.14. The summed E-state index contributed by atoms with van der Waals surface area (Å²) >= 11 is 1.41. The normalized spacial score (nSPS) is 18.5. The Labute approximate surface area is 145 Å². The molecule has 24 heavy (non-hydrogen) atoms. The first-order chi connectivity index (χ1) is 11.5. The fourth-order valence-corrected chi connectivity index (χ4v) is 3.70. The molecule has 2 aromatic rings. The zero-order valence-electron chi connectivity index (χ0n) is 14.0. The van der Waals surface area contributed by atoms with Gasteiger partial charge in [-0.2, -0.15) is 0 Å². The van der Waals surface area contributed by atoms with Gasteiger partial charge in [-0.05, 0) is 49.9 Å². The first-order valence-corrected chi connectivity index (χ1v) is 9.13. The van der Waals surface area contributed by atoms with E-state index in [1.54, 1.807) is 19.1 Å². The number of amides is 1. The third kappa shape index (κ3) is 4.19. The third-order valence-electron chi connectivity index (χ3n) is 4.33. The second-order valence-electron chi connectivity index (χ2n) is 6.54. The van der Waals surface area contributed by atoms with Crippen molar-refractivity contribution in [2.75, 3.05) is 18.4 Å². The molecule has 0 unspecified atom stereocenters. The lowest BCUT2D eigenvalue weighted by molar-refractivity contribution is 0.102. The maximum Gasteiger partial charge on any atom is 0.257 e. The first kappa shape index (κ1) is 17.0. The minimum Gasteiger partial charge on any atom is -0.298 e. The molecule has 4 nitrogen and oxygen atoms in total. The molecule has 3 rings (SSSR count). The number of benzene rings is 1.